The van der Waals surface area contributed by atoms with Gasteiger partial charge >= 0.3 is 0 Å². The zero-order valence-electron chi connectivity index (χ0n) is 10.7. The number of amides is 2. The normalized spacial score (nSPS) is 11.9. The number of carbonyl (C=O) groups excluding carboxylic acids is 2. The first-order valence-corrected chi connectivity index (χ1v) is 5.93. The van der Waals surface area contributed by atoms with Crippen LogP contribution in [0.1, 0.15) is 17.5 Å². The molecule has 5 nitrogen and oxygen atoms in total. The summed E-state index contributed by atoms with van der Waals surface area (Å²) in [5.41, 5.74) is 5.70. The third-order valence-electron chi connectivity index (χ3n) is 2.73. The minimum Gasteiger partial charge on any atom is -0.451 e. The van der Waals surface area contributed by atoms with E-state index >= 15 is 0 Å². The van der Waals surface area contributed by atoms with Crippen LogP contribution in [0.5, 0.6) is 0 Å². The van der Waals surface area contributed by atoms with Crippen LogP contribution in [-0.4, -0.2) is 17.9 Å². The fraction of sp³-hybridized carbons (Fsp3) is 0.143. The Morgan fingerprint density at radius 1 is 1.20 bits per heavy atom. The highest BCUT2D eigenvalue weighted by Gasteiger charge is 2.17. The maximum Gasteiger partial charge on any atom is 0.287 e. The van der Waals surface area contributed by atoms with Gasteiger partial charge in [0.05, 0.1) is 0 Å². The van der Waals surface area contributed by atoms with E-state index in [1.54, 1.807) is 18.2 Å². The van der Waals surface area contributed by atoms with E-state index in [4.69, 9.17) is 10.2 Å². The first-order chi connectivity index (χ1) is 9.47. The topological polar surface area (TPSA) is 85.3 Å². The molecule has 0 aliphatic carbocycles. The van der Waals surface area contributed by atoms with E-state index in [0.29, 0.717) is 11.3 Å². The smallest absolute Gasteiger partial charge is 0.287 e. The monoisotopic (exact) mass is 276 g/mol. The van der Waals surface area contributed by atoms with Crippen molar-refractivity contribution in [2.75, 3.05) is 0 Å². The molecule has 1 aromatic carbocycles. The van der Waals surface area contributed by atoms with Crippen LogP contribution in [0.2, 0.25) is 0 Å². The fourth-order valence-corrected chi connectivity index (χ4v) is 1.57. The Balaban J connectivity index is 2.14. The first kappa shape index (κ1) is 13.8. The quantitative estimate of drug-likeness (QED) is 0.891. The van der Waals surface area contributed by atoms with Gasteiger partial charge in [-0.2, -0.15) is 0 Å². The molecule has 0 spiro atoms. The van der Waals surface area contributed by atoms with Gasteiger partial charge in [0.1, 0.15) is 17.6 Å². The minimum absolute atomic E-state index is 0.0532. The van der Waals surface area contributed by atoms with Crippen molar-refractivity contribution >= 4 is 11.8 Å². The van der Waals surface area contributed by atoms with Crippen molar-refractivity contribution in [1.82, 2.24) is 5.32 Å². The number of rotatable bonds is 4. The molecule has 0 aliphatic rings. The molecule has 1 atom stereocenters. The standard InChI is InChI=1S/C14H13FN2O3/c1-8(13(16)18)17-14(19)12-7-6-11(20-12)9-2-4-10(15)5-3-9/h2-8H,1H3,(H2,16,18)(H,17,19). The molecule has 3 N–H and O–H groups in total. The van der Waals surface area contributed by atoms with Crippen molar-refractivity contribution in [3.63, 3.8) is 0 Å². The molecule has 1 heterocycles. The lowest BCUT2D eigenvalue weighted by Gasteiger charge is -2.07. The number of nitrogens with one attached hydrogen (secondary N) is 1. The summed E-state index contributed by atoms with van der Waals surface area (Å²) in [5, 5.41) is 2.40. The Bertz CT molecular complexity index is 634. The Morgan fingerprint density at radius 3 is 2.45 bits per heavy atom. The van der Waals surface area contributed by atoms with Gasteiger partial charge in [0.15, 0.2) is 5.76 Å². The van der Waals surface area contributed by atoms with E-state index in [1.165, 1.54) is 25.1 Å². The van der Waals surface area contributed by atoms with Crippen LogP contribution in [0.3, 0.4) is 0 Å². The summed E-state index contributed by atoms with van der Waals surface area (Å²) in [6, 6.07) is 7.96. The van der Waals surface area contributed by atoms with Crippen LogP contribution in [-0.2, 0) is 4.79 Å². The zero-order chi connectivity index (χ0) is 14.7. The summed E-state index contributed by atoms with van der Waals surface area (Å²) < 4.78 is 18.2. The summed E-state index contributed by atoms with van der Waals surface area (Å²) in [5.74, 6) is -1.04. The molecule has 2 rings (SSSR count). The predicted octanol–water partition coefficient (Wildman–Crippen LogP) is 1.69. The summed E-state index contributed by atoms with van der Waals surface area (Å²) >= 11 is 0. The van der Waals surface area contributed by atoms with Crippen LogP contribution < -0.4 is 11.1 Å². The summed E-state index contributed by atoms with van der Waals surface area (Å²) in [6.45, 7) is 1.48. The minimum atomic E-state index is -0.790. The second-order valence-electron chi connectivity index (χ2n) is 4.27. The van der Waals surface area contributed by atoms with Gasteiger partial charge in [-0.25, -0.2) is 4.39 Å². The summed E-state index contributed by atoms with van der Waals surface area (Å²) in [4.78, 5) is 22.7. The number of primary amides is 1. The zero-order valence-corrected chi connectivity index (χ0v) is 10.7. The highest BCUT2D eigenvalue weighted by molar-refractivity contribution is 5.95. The number of nitrogens with two attached hydrogens (primary N) is 1. The Morgan fingerprint density at radius 2 is 1.85 bits per heavy atom. The van der Waals surface area contributed by atoms with Crippen LogP contribution in [0, 0.1) is 5.82 Å². The number of carbonyl (C=O) groups is 2. The van der Waals surface area contributed by atoms with Crippen LogP contribution in [0.4, 0.5) is 4.39 Å². The number of hydrogen-bond acceptors (Lipinski definition) is 3. The van der Waals surface area contributed by atoms with Gasteiger partial charge in [0, 0.05) is 5.56 Å². The molecule has 20 heavy (non-hydrogen) atoms. The van der Waals surface area contributed by atoms with Gasteiger partial charge in [0.25, 0.3) is 5.91 Å². The molecule has 6 heteroatoms. The molecule has 0 bridgehead atoms. The molecular formula is C14H13FN2O3. The maximum absolute atomic E-state index is 12.8. The number of hydrogen-bond donors (Lipinski definition) is 2. The Kier molecular flexibility index (Phi) is 3.84. The average molecular weight is 276 g/mol. The molecule has 2 aromatic rings. The van der Waals surface area contributed by atoms with E-state index in [1.807, 2.05) is 0 Å². The van der Waals surface area contributed by atoms with E-state index < -0.39 is 17.9 Å². The summed E-state index contributed by atoms with van der Waals surface area (Å²) in [6.07, 6.45) is 0. The molecule has 0 fully saturated rings. The van der Waals surface area contributed by atoms with Gasteiger partial charge in [-0.15, -0.1) is 0 Å². The lowest BCUT2D eigenvalue weighted by Crippen LogP contribution is -2.42. The van der Waals surface area contributed by atoms with Crippen LogP contribution in [0.15, 0.2) is 40.8 Å². The van der Waals surface area contributed by atoms with E-state index in [2.05, 4.69) is 5.32 Å². The third-order valence-corrected chi connectivity index (χ3v) is 2.73. The van der Waals surface area contributed by atoms with E-state index in [9.17, 15) is 14.0 Å². The van der Waals surface area contributed by atoms with Crippen molar-refractivity contribution < 1.29 is 18.4 Å². The van der Waals surface area contributed by atoms with Gasteiger partial charge < -0.3 is 15.5 Å². The van der Waals surface area contributed by atoms with Gasteiger partial charge in [-0.05, 0) is 43.3 Å². The summed E-state index contributed by atoms with van der Waals surface area (Å²) in [7, 11) is 0. The van der Waals surface area contributed by atoms with Gasteiger partial charge in [-0.3, -0.25) is 9.59 Å². The van der Waals surface area contributed by atoms with Gasteiger partial charge in [-0.1, -0.05) is 0 Å². The van der Waals surface area contributed by atoms with Crippen molar-refractivity contribution in [3.05, 3.63) is 48.0 Å². The molecule has 104 valence electrons. The molecule has 2 amide bonds. The molecule has 1 unspecified atom stereocenters. The lowest BCUT2D eigenvalue weighted by atomic mass is 10.2. The SMILES string of the molecule is CC(NC(=O)c1ccc(-c2ccc(F)cc2)o1)C(N)=O. The molecule has 1 aromatic heterocycles. The van der Waals surface area contributed by atoms with E-state index in [-0.39, 0.29) is 11.6 Å². The number of benzene rings is 1. The van der Waals surface area contributed by atoms with Crippen molar-refractivity contribution in [1.29, 1.82) is 0 Å². The maximum atomic E-state index is 12.8. The molecular weight excluding hydrogens is 263 g/mol. The largest absolute Gasteiger partial charge is 0.451 e. The second kappa shape index (κ2) is 5.56. The number of halogens is 1. The molecule has 0 radical (unpaired) electrons. The Hall–Kier alpha value is -2.63. The van der Waals surface area contributed by atoms with Crippen LogP contribution in [0.25, 0.3) is 11.3 Å². The van der Waals surface area contributed by atoms with Crippen LogP contribution >= 0.6 is 0 Å². The average Bonchev–Trinajstić information content (AvgIpc) is 2.89. The first-order valence-electron chi connectivity index (χ1n) is 5.93. The van der Waals surface area contributed by atoms with Crippen molar-refractivity contribution in [3.8, 4) is 11.3 Å². The molecule has 0 saturated carbocycles. The van der Waals surface area contributed by atoms with E-state index in [0.717, 1.165) is 0 Å². The van der Waals surface area contributed by atoms with Gasteiger partial charge in [0.2, 0.25) is 5.91 Å². The highest BCUT2D eigenvalue weighted by Crippen LogP contribution is 2.22. The van der Waals surface area contributed by atoms with Crippen molar-refractivity contribution in [2.24, 2.45) is 5.73 Å². The predicted molar refractivity (Wildman–Crippen MR) is 70.2 cm³/mol. The molecule has 0 aliphatic heterocycles. The second-order valence-corrected chi connectivity index (χ2v) is 4.27. The Labute approximate surface area is 114 Å². The number of furan rings is 1. The fourth-order valence-electron chi connectivity index (χ4n) is 1.57. The molecule has 0 saturated heterocycles. The van der Waals surface area contributed by atoms with Crippen molar-refractivity contribution in [2.45, 2.75) is 13.0 Å². The highest BCUT2D eigenvalue weighted by atomic mass is 19.1. The third kappa shape index (κ3) is 3.03. The lowest BCUT2D eigenvalue weighted by molar-refractivity contribution is -0.119.